The molecule has 2 rings (SSSR count). The van der Waals surface area contributed by atoms with E-state index in [1.807, 2.05) is 0 Å². The van der Waals surface area contributed by atoms with Gasteiger partial charge in [0.1, 0.15) is 12.2 Å². The summed E-state index contributed by atoms with van der Waals surface area (Å²) in [6.45, 7) is 3.18. The Morgan fingerprint density at radius 3 is 2.59 bits per heavy atom. The Hall–Kier alpha value is -2.70. The van der Waals surface area contributed by atoms with Crippen molar-refractivity contribution in [3.63, 3.8) is 0 Å². The van der Waals surface area contributed by atoms with Crippen LogP contribution in [0.2, 0.25) is 0 Å². The smallest absolute Gasteiger partial charge is 0.325 e. The topological polar surface area (TPSA) is 91.7 Å². The van der Waals surface area contributed by atoms with Gasteiger partial charge in [-0.1, -0.05) is 0 Å². The quantitative estimate of drug-likeness (QED) is 0.597. The van der Waals surface area contributed by atoms with E-state index in [1.165, 1.54) is 11.7 Å². The van der Waals surface area contributed by atoms with E-state index in [-0.39, 0.29) is 35.7 Å². The molecule has 1 aromatic rings. The lowest BCUT2D eigenvalue weighted by atomic mass is 9.96. The second-order valence-corrected chi connectivity index (χ2v) is 4.64. The Bertz CT molecular complexity index is 710. The fraction of sp³-hybridized carbons (Fsp3) is 0.333. The fourth-order valence-corrected chi connectivity index (χ4v) is 2.45. The number of hydrogen-bond acceptors (Lipinski definition) is 6. The van der Waals surface area contributed by atoms with Crippen LogP contribution in [-0.2, 0) is 20.8 Å². The number of Topliss-reactive ketones (excluding diaryl/α,β-unsaturated/α-hetero) is 1. The zero-order chi connectivity index (χ0) is 16.4. The molecule has 1 aliphatic rings. The number of aldehydes is 1. The van der Waals surface area contributed by atoms with Gasteiger partial charge in [0.25, 0.3) is 0 Å². The fourth-order valence-electron chi connectivity index (χ4n) is 2.45. The van der Waals surface area contributed by atoms with Crippen molar-refractivity contribution in [3.8, 4) is 0 Å². The van der Waals surface area contributed by atoms with E-state index < -0.39 is 17.5 Å². The third-order valence-electron chi connectivity index (χ3n) is 3.45. The number of hydrogen-bond donors (Lipinski definition) is 0. The van der Waals surface area contributed by atoms with E-state index in [0.29, 0.717) is 12.0 Å². The molecule has 0 radical (unpaired) electrons. The molecule has 116 valence electrons. The first kappa shape index (κ1) is 15.7. The average molecular weight is 305 g/mol. The zero-order valence-corrected chi connectivity index (χ0v) is 12.5. The summed E-state index contributed by atoms with van der Waals surface area (Å²) in [4.78, 5) is 47.6. The van der Waals surface area contributed by atoms with Crippen LogP contribution in [-0.4, -0.2) is 42.1 Å². The molecule has 7 nitrogen and oxygen atoms in total. The summed E-state index contributed by atoms with van der Waals surface area (Å²) in [6, 6.07) is 0. The summed E-state index contributed by atoms with van der Waals surface area (Å²) in [6.07, 6.45) is 1.56. The maximum atomic E-state index is 12.3. The molecule has 0 bridgehead atoms. The minimum absolute atomic E-state index is 0.0125. The van der Waals surface area contributed by atoms with Gasteiger partial charge in [0.05, 0.1) is 19.3 Å². The summed E-state index contributed by atoms with van der Waals surface area (Å²) in [7, 11) is 1.27. The zero-order valence-electron chi connectivity index (χ0n) is 12.5. The second kappa shape index (κ2) is 5.97. The molecule has 1 heterocycles. The Balaban J connectivity index is 2.62. The number of rotatable bonds is 5. The van der Waals surface area contributed by atoms with Crippen molar-refractivity contribution in [2.24, 2.45) is 0 Å². The molecule has 0 spiro atoms. The van der Waals surface area contributed by atoms with Gasteiger partial charge in [-0.05, 0) is 13.8 Å². The molecule has 0 saturated heterocycles. The van der Waals surface area contributed by atoms with Crippen molar-refractivity contribution in [2.75, 3.05) is 13.7 Å². The van der Waals surface area contributed by atoms with Gasteiger partial charge in [0, 0.05) is 17.3 Å². The second-order valence-electron chi connectivity index (χ2n) is 4.64. The van der Waals surface area contributed by atoms with Gasteiger partial charge in [-0.25, -0.2) is 0 Å². The number of esters is 1. The first-order valence-corrected chi connectivity index (χ1v) is 6.64. The number of aromatic nitrogens is 1. The number of carbonyl (C=O) groups excluding carboxylic acids is 4. The number of fused-ring (bicyclic) bond motifs is 1. The van der Waals surface area contributed by atoms with Crippen LogP contribution in [0.5, 0.6) is 0 Å². The van der Waals surface area contributed by atoms with Crippen molar-refractivity contribution in [3.05, 3.63) is 34.3 Å². The van der Waals surface area contributed by atoms with Crippen molar-refractivity contribution < 1.29 is 28.7 Å². The molecule has 1 aliphatic carbocycles. The van der Waals surface area contributed by atoms with Crippen molar-refractivity contribution >= 4 is 23.8 Å². The Morgan fingerprint density at radius 2 is 2.05 bits per heavy atom. The van der Waals surface area contributed by atoms with Gasteiger partial charge in [0.2, 0.25) is 11.6 Å². The lowest BCUT2D eigenvalue weighted by Gasteiger charge is -2.14. The molecule has 0 unspecified atom stereocenters. The summed E-state index contributed by atoms with van der Waals surface area (Å²) >= 11 is 0. The predicted octanol–water partition coefficient (Wildman–Crippen LogP) is 1.08. The molecule has 0 amide bonds. The molecule has 0 aromatic carbocycles. The number of ether oxygens (including phenoxy) is 2. The highest BCUT2D eigenvalue weighted by atomic mass is 16.5. The first-order chi connectivity index (χ1) is 10.5. The van der Waals surface area contributed by atoms with E-state index in [9.17, 15) is 19.2 Å². The molecule has 22 heavy (non-hydrogen) atoms. The van der Waals surface area contributed by atoms with E-state index >= 15 is 0 Å². The van der Waals surface area contributed by atoms with E-state index in [0.717, 1.165) is 6.08 Å². The normalized spacial score (nSPS) is 13.5. The standard InChI is InChI=1S/C15H15NO6/c1-4-22-12(19)6-16-8(2)9(7-17)13-14(16)10(18)5-11(21-3)15(13)20/h5,7H,4,6H2,1-3H3. The van der Waals surface area contributed by atoms with Gasteiger partial charge in [-0.15, -0.1) is 0 Å². The van der Waals surface area contributed by atoms with E-state index in [2.05, 4.69) is 0 Å². The molecular formula is C15H15NO6. The first-order valence-electron chi connectivity index (χ1n) is 6.64. The largest absolute Gasteiger partial charge is 0.492 e. The van der Waals surface area contributed by atoms with Crippen molar-refractivity contribution in [1.82, 2.24) is 4.57 Å². The lowest BCUT2D eigenvalue weighted by Crippen LogP contribution is -2.23. The number of carbonyl (C=O) groups is 4. The van der Waals surface area contributed by atoms with Crippen LogP contribution in [0.4, 0.5) is 0 Å². The molecule has 1 aromatic heterocycles. The maximum Gasteiger partial charge on any atom is 0.325 e. The minimum atomic E-state index is -0.553. The number of methoxy groups -OCH3 is 1. The Kier molecular flexibility index (Phi) is 4.25. The van der Waals surface area contributed by atoms with Crippen LogP contribution in [0.1, 0.15) is 43.8 Å². The number of ketones is 2. The van der Waals surface area contributed by atoms with Crippen molar-refractivity contribution in [2.45, 2.75) is 20.4 Å². The van der Waals surface area contributed by atoms with Crippen LogP contribution < -0.4 is 0 Å². The summed E-state index contributed by atoms with van der Waals surface area (Å²) in [5.74, 6) is -1.73. The third kappa shape index (κ3) is 2.34. The highest BCUT2D eigenvalue weighted by Gasteiger charge is 2.35. The van der Waals surface area contributed by atoms with Gasteiger partial charge >= 0.3 is 5.97 Å². The SMILES string of the molecule is CCOC(=O)Cn1c(C)c(C=O)c2c1C(=O)C=C(OC)C2=O. The van der Waals surface area contributed by atoms with Crippen LogP contribution in [0.3, 0.4) is 0 Å². The van der Waals surface area contributed by atoms with Crippen LogP contribution >= 0.6 is 0 Å². The van der Waals surface area contributed by atoms with E-state index in [4.69, 9.17) is 9.47 Å². The molecule has 0 atom stereocenters. The summed E-state index contributed by atoms with van der Waals surface area (Å²) in [5, 5.41) is 0. The van der Waals surface area contributed by atoms with Crippen molar-refractivity contribution in [1.29, 1.82) is 0 Å². The van der Waals surface area contributed by atoms with E-state index in [1.54, 1.807) is 13.8 Å². The summed E-state index contributed by atoms with van der Waals surface area (Å²) < 4.78 is 11.1. The highest BCUT2D eigenvalue weighted by molar-refractivity contribution is 6.25. The minimum Gasteiger partial charge on any atom is -0.492 e. The van der Waals surface area contributed by atoms with Crippen LogP contribution in [0.25, 0.3) is 0 Å². The molecular weight excluding hydrogens is 290 g/mol. The Labute approximate surface area is 126 Å². The van der Waals surface area contributed by atoms with Gasteiger partial charge < -0.3 is 14.0 Å². The predicted molar refractivity (Wildman–Crippen MR) is 74.9 cm³/mol. The average Bonchev–Trinajstić information content (AvgIpc) is 2.76. The van der Waals surface area contributed by atoms with Crippen LogP contribution in [0, 0.1) is 6.92 Å². The van der Waals surface area contributed by atoms with Crippen LogP contribution in [0.15, 0.2) is 11.8 Å². The lowest BCUT2D eigenvalue weighted by molar-refractivity contribution is -0.143. The maximum absolute atomic E-state index is 12.3. The number of allylic oxidation sites excluding steroid dienone is 2. The Morgan fingerprint density at radius 1 is 1.36 bits per heavy atom. The third-order valence-corrected chi connectivity index (χ3v) is 3.45. The van der Waals surface area contributed by atoms with Gasteiger partial charge in [-0.3, -0.25) is 19.2 Å². The highest BCUT2D eigenvalue weighted by Crippen LogP contribution is 2.29. The molecule has 0 N–H and O–H groups in total. The summed E-state index contributed by atoms with van der Waals surface area (Å²) in [5.41, 5.74) is 0.431. The number of nitrogens with zero attached hydrogens (tertiary/aromatic N) is 1. The van der Waals surface area contributed by atoms with Gasteiger partial charge in [-0.2, -0.15) is 0 Å². The molecule has 0 saturated carbocycles. The molecule has 7 heteroatoms. The van der Waals surface area contributed by atoms with Gasteiger partial charge in [0.15, 0.2) is 12.0 Å². The molecule has 0 aliphatic heterocycles. The molecule has 0 fully saturated rings. The monoisotopic (exact) mass is 305 g/mol.